The highest BCUT2D eigenvalue weighted by Crippen LogP contribution is 2.27. The molecule has 0 aromatic carbocycles. The number of carbonyl (C=O) groups is 2. The molecule has 4 rings (SSSR count). The number of morpholine rings is 1. The highest BCUT2D eigenvalue weighted by molar-refractivity contribution is 6.00. The summed E-state index contributed by atoms with van der Waals surface area (Å²) < 4.78 is 12.2. The number of amides is 2. The number of nitrogens with zero attached hydrogens (tertiary/aromatic N) is 3. The molecule has 2 atom stereocenters. The summed E-state index contributed by atoms with van der Waals surface area (Å²) in [6.45, 7) is 1.29. The second kappa shape index (κ2) is 5.60. The van der Waals surface area contributed by atoms with Gasteiger partial charge in [-0.3, -0.25) is 14.4 Å². The van der Waals surface area contributed by atoms with Crippen molar-refractivity contribution in [2.45, 2.75) is 25.1 Å². The van der Waals surface area contributed by atoms with Crippen molar-refractivity contribution in [3.05, 3.63) is 28.2 Å². The van der Waals surface area contributed by atoms with Crippen molar-refractivity contribution in [2.24, 2.45) is 0 Å². The molecule has 0 aliphatic carbocycles. The summed E-state index contributed by atoms with van der Waals surface area (Å²) in [7, 11) is 0. The van der Waals surface area contributed by atoms with Crippen LogP contribution in [-0.4, -0.2) is 65.1 Å². The smallest absolute Gasteiger partial charge is 0.278 e. The minimum atomic E-state index is -0.661. The first kappa shape index (κ1) is 15.2. The fraction of sp³-hybridized carbons (Fsp3) is 0.533. The topological polar surface area (TPSA) is 101 Å². The lowest BCUT2D eigenvalue weighted by Crippen LogP contribution is -2.68. The summed E-state index contributed by atoms with van der Waals surface area (Å²) in [5, 5.41) is 11.4. The summed E-state index contributed by atoms with van der Waals surface area (Å²) in [5.41, 5.74) is -0.863. The molecule has 4 heterocycles. The SMILES string of the molecule is O=C1c2c(O)c(=O)ccn2N(C(=O)[C@@H]2CCCO2)[C@@H]2COCCN12. The minimum Gasteiger partial charge on any atom is -0.502 e. The van der Waals surface area contributed by atoms with Crippen LogP contribution in [0.2, 0.25) is 0 Å². The van der Waals surface area contributed by atoms with Gasteiger partial charge in [0.05, 0.1) is 13.2 Å². The van der Waals surface area contributed by atoms with Gasteiger partial charge >= 0.3 is 0 Å². The molecule has 1 N–H and O–H groups in total. The van der Waals surface area contributed by atoms with E-state index in [-0.39, 0.29) is 24.8 Å². The molecule has 1 aromatic heterocycles. The van der Waals surface area contributed by atoms with Gasteiger partial charge in [-0.15, -0.1) is 0 Å². The monoisotopic (exact) mass is 335 g/mol. The number of hydrogen-bond donors (Lipinski definition) is 1. The molecule has 2 fully saturated rings. The first-order valence-corrected chi connectivity index (χ1v) is 7.88. The first-order chi connectivity index (χ1) is 11.6. The molecule has 3 aliphatic rings. The van der Waals surface area contributed by atoms with Crippen molar-refractivity contribution in [1.82, 2.24) is 9.58 Å². The van der Waals surface area contributed by atoms with Crippen LogP contribution in [0, 0.1) is 0 Å². The molecular weight excluding hydrogens is 318 g/mol. The Balaban J connectivity index is 1.85. The van der Waals surface area contributed by atoms with Crippen molar-refractivity contribution in [1.29, 1.82) is 0 Å². The number of aromatic nitrogens is 1. The number of fused-ring (bicyclic) bond motifs is 2. The van der Waals surface area contributed by atoms with Gasteiger partial charge < -0.3 is 19.5 Å². The van der Waals surface area contributed by atoms with Crippen LogP contribution in [-0.2, 0) is 14.3 Å². The van der Waals surface area contributed by atoms with Crippen LogP contribution in [0.15, 0.2) is 17.1 Å². The summed E-state index contributed by atoms with van der Waals surface area (Å²) in [5.74, 6) is -1.46. The number of carbonyl (C=O) groups excluding carboxylic acids is 2. The van der Waals surface area contributed by atoms with E-state index in [0.717, 1.165) is 12.5 Å². The Bertz CT molecular complexity index is 754. The third kappa shape index (κ3) is 2.12. The average molecular weight is 335 g/mol. The van der Waals surface area contributed by atoms with Crippen LogP contribution in [0.4, 0.5) is 0 Å². The van der Waals surface area contributed by atoms with E-state index in [1.165, 1.54) is 20.8 Å². The van der Waals surface area contributed by atoms with Crippen molar-refractivity contribution < 1.29 is 24.2 Å². The zero-order valence-electron chi connectivity index (χ0n) is 12.9. The van der Waals surface area contributed by atoms with Crippen molar-refractivity contribution in [2.75, 3.05) is 31.4 Å². The highest BCUT2D eigenvalue weighted by Gasteiger charge is 2.45. The van der Waals surface area contributed by atoms with Crippen LogP contribution in [0.25, 0.3) is 0 Å². The normalized spacial score (nSPS) is 26.2. The fourth-order valence-electron chi connectivity index (χ4n) is 3.38. The summed E-state index contributed by atoms with van der Waals surface area (Å²) in [6, 6.07) is 1.13. The minimum absolute atomic E-state index is 0.163. The number of hydrogen-bond acceptors (Lipinski definition) is 6. The zero-order valence-corrected chi connectivity index (χ0v) is 12.9. The molecule has 0 unspecified atom stereocenters. The van der Waals surface area contributed by atoms with E-state index in [1.807, 2.05) is 0 Å². The second-order valence-corrected chi connectivity index (χ2v) is 5.96. The number of ether oxygens (including phenoxy) is 2. The molecule has 2 amide bonds. The molecule has 3 aliphatic heterocycles. The van der Waals surface area contributed by atoms with Crippen molar-refractivity contribution in [3.63, 3.8) is 0 Å². The Hall–Kier alpha value is -2.39. The maximum Gasteiger partial charge on any atom is 0.278 e. The van der Waals surface area contributed by atoms with Gasteiger partial charge in [-0.05, 0) is 12.8 Å². The van der Waals surface area contributed by atoms with Gasteiger partial charge in [0.1, 0.15) is 6.10 Å². The summed E-state index contributed by atoms with van der Waals surface area (Å²) >= 11 is 0. The van der Waals surface area contributed by atoms with E-state index < -0.39 is 29.4 Å². The molecule has 9 nitrogen and oxygen atoms in total. The Kier molecular flexibility index (Phi) is 3.54. The van der Waals surface area contributed by atoms with Gasteiger partial charge in [0, 0.05) is 25.4 Å². The van der Waals surface area contributed by atoms with Gasteiger partial charge in [0.2, 0.25) is 5.43 Å². The van der Waals surface area contributed by atoms with E-state index in [9.17, 15) is 19.5 Å². The maximum atomic E-state index is 12.9. The van der Waals surface area contributed by atoms with Crippen LogP contribution in [0.3, 0.4) is 0 Å². The molecular formula is C15H17N3O6. The number of aromatic hydroxyl groups is 1. The van der Waals surface area contributed by atoms with E-state index in [1.54, 1.807) is 0 Å². The molecule has 24 heavy (non-hydrogen) atoms. The molecule has 0 radical (unpaired) electrons. The second-order valence-electron chi connectivity index (χ2n) is 5.96. The van der Waals surface area contributed by atoms with E-state index in [4.69, 9.17) is 9.47 Å². The molecule has 2 saturated heterocycles. The molecule has 0 saturated carbocycles. The average Bonchev–Trinajstić information content (AvgIpc) is 3.12. The number of rotatable bonds is 1. The fourth-order valence-corrected chi connectivity index (χ4v) is 3.38. The third-order valence-corrected chi connectivity index (χ3v) is 4.57. The van der Waals surface area contributed by atoms with E-state index in [2.05, 4.69) is 0 Å². The van der Waals surface area contributed by atoms with Crippen molar-refractivity contribution in [3.8, 4) is 5.75 Å². The van der Waals surface area contributed by atoms with Gasteiger partial charge in [-0.1, -0.05) is 0 Å². The van der Waals surface area contributed by atoms with Crippen LogP contribution < -0.4 is 10.4 Å². The molecule has 0 bridgehead atoms. The lowest BCUT2D eigenvalue weighted by atomic mass is 10.1. The molecule has 0 spiro atoms. The van der Waals surface area contributed by atoms with Crippen LogP contribution in [0.5, 0.6) is 5.75 Å². The predicted molar refractivity (Wildman–Crippen MR) is 80.2 cm³/mol. The number of pyridine rings is 1. The Morgan fingerprint density at radius 2 is 2.12 bits per heavy atom. The van der Waals surface area contributed by atoms with Gasteiger partial charge in [0.25, 0.3) is 11.8 Å². The molecule has 9 heteroatoms. The van der Waals surface area contributed by atoms with Crippen LogP contribution in [0.1, 0.15) is 23.3 Å². The van der Waals surface area contributed by atoms with Crippen molar-refractivity contribution >= 4 is 11.8 Å². The lowest BCUT2D eigenvalue weighted by molar-refractivity contribution is -0.132. The zero-order chi connectivity index (χ0) is 16.8. The molecule has 1 aromatic rings. The van der Waals surface area contributed by atoms with Gasteiger partial charge in [-0.25, -0.2) is 9.69 Å². The third-order valence-electron chi connectivity index (χ3n) is 4.57. The van der Waals surface area contributed by atoms with Gasteiger partial charge in [0.15, 0.2) is 17.6 Å². The van der Waals surface area contributed by atoms with E-state index >= 15 is 0 Å². The largest absolute Gasteiger partial charge is 0.502 e. The highest BCUT2D eigenvalue weighted by atomic mass is 16.5. The Morgan fingerprint density at radius 3 is 2.88 bits per heavy atom. The molecule has 128 valence electrons. The van der Waals surface area contributed by atoms with E-state index in [0.29, 0.717) is 19.6 Å². The van der Waals surface area contributed by atoms with Crippen LogP contribution >= 0.6 is 0 Å². The lowest BCUT2D eigenvalue weighted by Gasteiger charge is -2.47. The quantitative estimate of drug-likeness (QED) is 0.707. The van der Waals surface area contributed by atoms with Gasteiger partial charge in [-0.2, -0.15) is 0 Å². The summed E-state index contributed by atoms with van der Waals surface area (Å²) in [4.78, 5) is 38.8. The maximum absolute atomic E-state index is 12.9. The summed E-state index contributed by atoms with van der Waals surface area (Å²) in [6.07, 6.45) is 1.48. The Morgan fingerprint density at radius 1 is 1.29 bits per heavy atom. The first-order valence-electron chi connectivity index (χ1n) is 7.88. The predicted octanol–water partition coefficient (Wildman–Crippen LogP) is -0.990. The standard InChI is InChI=1S/C15H17N3O6/c19-9-3-4-17-12(13(9)20)15(22)16-5-7-23-8-11(16)18(17)14(21)10-2-1-6-24-10/h3-4,10-11,20H,1-2,5-8H2/t10-,11+/m0/s1. The Labute approximate surface area is 136 Å².